The Morgan fingerprint density at radius 3 is 2.54 bits per heavy atom. The van der Waals surface area contributed by atoms with Gasteiger partial charge in [-0.05, 0) is 31.5 Å². The van der Waals surface area contributed by atoms with Gasteiger partial charge in [-0.1, -0.05) is 30.3 Å². The number of benzene rings is 1. The van der Waals surface area contributed by atoms with Crippen molar-refractivity contribution in [2.24, 2.45) is 0 Å². The Labute approximate surface area is 140 Å². The predicted molar refractivity (Wildman–Crippen MR) is 90.5 cm³/mol. The number of hydrogen-bond donors (Lipinski definition) is 3. The first kappa shape index (κ1) is 17.6. The first-order valence-electron chi connectivity index (χ1n) is 7.74. The molecule has 1 heterocycles. The van der Waals surface area contributed by atoms with E-state index in [-0.39, 0.29) is 17.5 Å². The number of pyridine rings is 1. The van der Waals surface area contributed by atoms with Crippen LogP contribution in [-0.2, 0) is 11.3 Å². The van der Waals surface area contributed by atoms with E-state index in [1.165, 1.54) is 18.3 Å². The maximum Gasteiger partial charge on any atom is 0.335 e. The molecule has 24 heavy (non-hydrogen) atoms. The maximum absolute atomic E-state index is 12.2. The summed E-state index contributed by atoms with van der Waals surface area (Å²) in [6, 6.07) is 11.9. The molecule has 0 aliphatic carbocycles. The number of carboxylic acids is 1. The Bertz CT molecular complexity index is 704. The Morgan fingerprint density at radius 2 is 1.88 bits per heavy atom. The van der Waals surface area contributed by atoms with Crippen LogP contribution in [0, 0.1) is 0 Å². The smallest absolute Gasteiger partial charge is 0.335 e. The van der Waals surface area contributed by atoms with Crippen molar-refractivity contribution in [1.29, 1.82) is 0 Å². The van der Waals surface area contributed by atoms with Crippen molar-refractivity contribution < 1.29 is 14.7 Å². The second kappa shape index (κ2) is 8.21. The minimum Gasteiger partial charge on any atom is -0.478 e. The van der Waals surface area contributed by atoms with Crippen LogP contribution in [0.3, 0.4) is 0 Å². The molecule has 2 rings (SSSR count). The largest absolute Gasteiger partial charge is 0.478 e. The monoisotopic (exact) mass is 327 g/mol. The van der Waals surface area contributed by atoms with Crippen molar-refractivity contribution >= 4 is 11.9 Å². The molecule has 3 N–H and O–H groups in total. The van der Waals surface area contributed by atoms with Crippen LogP contribution in [-0.4, -0.2) is 28.0 Å². The van der Waals surface area contributed by atoms with Crippen LogP contribution in [0.1, 0.15) is 41.5 Å². The van der Waals surface area contributed by atoms with E-state index in [9.17, 15) is 9.59 Å². The van der Waals surface area contributed by atoms with Gasteiger partial charge in [0.25, 0.3) is 0 Å². The molecule has 0 spiro atoms. The minimum absolute atomic E-state index is 0.125. The maximum atomic E-state index is 12.2. The molecule has 1 unspecified atom stereocenters. The van der Waals surface area contributed by atoms with Crippen LogP contribution in [0.2, 0.25) is 0 Å². The van der Waals surface area contributed by atoms with Crippen LogP contribution < -0.4 is 10.6 Å². The molecular formula is C18H21N3O3. The molecule has 0 bridgehead atoms. The van der Waals surface area contributed by atoms with Crippen molar-refractivity contribution in [2.75, 3.05) is 0 Å². The molecule has 0 radical (unpaired) electrons. The summed E-state index contributed by atoms with van der Waals surface area (Å²) in [5.41, 5.74) is 1.79. The number of carboxylic acid groups (broad SMARTS) is 1. The van der Waals surface area contributed by atoms with E-state index in [1.54, 1.807) is 6.92 Å². The topological polar surface area (TPSA) is 91.3 Å². The zero-order valence-electron chi connectivity index (χ0n) is 13.7. The second-order valence-corrected chi connectivity index (χ2v) is 5.59. The quantitative estimate of drug-likeness (QED) is 0.725. The van der Waals surface area contributed by atoms with Gasteiger partial charge < -0.3 is 10.4 Å². The Hall–Kier alpha value is -2.73. The lowest BCUT2D eigenvalue weighted by Crippen LogP contribution is -2.43. The average Bonchev–Trinajstić information content (AvgIpc) is 2.60. The van der Waals surface area contributed by atoms with E-state index in [0.29, 0.717) is 12.2 Å². The average molecular weight is 327 g/mol. The molecule has 0 aliphatic rings. The number of aromatic nitrogens is 1. The van der Waals surface area contributed by atoms with Crippen LogP contribution in [0.25, 0.3) is 0 Å². The number of hydrogen-bond acceptors (Lipinski definition) is 4. The summed E-state index contributed by atoms with van der Waals surface area (Å²) in [5, 5.41) is 15.0. The highest BCUT2D eigenvalue weighted by Crippen LogP contribution is 2.12. The lowest BCUT2D eigenvalue weighted by molar-refractivity contribution is -0.123. The molecule has 1 aromatic heterocycles. The number of carbonyl (C=O) groups excluding carboxylic acids is 1. The second-order valence-electron chi connectivity index (χ2n) is 5.59. The molecule has 2 atom stereocenters. The highest BCUT2D eigenvalue weighted by atomic mass is 16.4. The van der Waals surface area contributed by atoms with Gasteiger partial charge in [-0.3, -0.25) is 15.1 Å². The molecule has 1 amide bonds. The predicted octanol–water partition coefficient (Wildman–Crippen LogP) is 2.14. The standard InChI is InChI=1S/C18H21N3O3/c1-12(16-10-15(18(23)24)8-9-19-16)21-13(2)17(22)20-11-14-6-4-3-5-7-14/h3-10,12-13,21H,11H2,1-2H3,(H,20,22)(H,23,24)/t12?,13-/m0/s1. The number of aromatic carboxylic acids is 1. The van der Waals surface area contributed by atoms with Crippen molar-refractivity contribution in [1.82, 2.24) is 15.6 Å². The molecule has 0 fully saturated rings. The van der Waals surface area contributed by atoms with Gasteiger partial charge in [0.15, 0.2) is 0 Å². The molecule has 0 saturated heterocycles. The van der Waals surface area contributed by atoms with Crippen LogP contribution in [0.15, 0.2) is 48.7 Å². The van der Waals surface area contributed by atoms with Gasteiger partial charge in [0.2, 0.25) is 5.91 Å². The first-order chi connectivity index (χ1) is 11.5. The summed E-state index contributed by atoms with van der Waals surface area (Å²) in [5.74, 6) is -1.13. The van der Waals surface area contributed by atoms with Gasteiger partial charge in [0.05, 0.1) is 17.3 Å². The highest BCUT2D eigenvalue weighted by molar-refractivity contribution is 5.87. The van der Waals surface area contributed by atoms with E-state index in [1.807, 2.05) is 37.3 Å². The number of carbonyl (C=O) groups is 2. The van der Waals surface area contributed by atoms with E-state index in [4.69, 9.17) is 5.11 Å². The van der Waals surface area contributed by atoms with E-state index in [0.717, 1.165) is 5.56 Å². The zero-order chi connectivity index (χ0) is 17.5. The van der Waals surface area contributed by atoms with Crippen molar-refractivity contribution in [3.05, 3.63) is 65.5 Å². The lowest BCUT2D eigenvalue weighted by atomic mass is 10.1. The molecule has 126 valence electrons. The molecular weight excluding hydrogens is 306 g/mol. The Kier molecular flexibility index (Phi) is 6.03. The number of nitrogens with one attached hydrogen (secondary N) is 2. The van der Waals surface area contributed by atoms with Crippen molar-refractivity contribution in [3.8, 4) is 0 Å². The highest BCUT2D eigenvalue weighted by Gasteiger charge is 2.17. The van der Waals surface area contributed by atoms with E-state index in [2.05, 4.69) is 15.6 Å². The minimum atomic E-state index is -1.00. The van der Waals surface area contributed by atoms with Gasteiger partial charge in [0.1, 0.15) is 0 Å². The molecule has 0 saturated carbocycles. The fourth-order valence-electron chi connectivity index (χ4n) is 2.29. The van der Waals surface area contributed by atoms with E-state index >= 15 is 0 Å². The fourth-order valence-corrected chi connectivity index (χ4v) is 2.29. The molecule has 6 heteroatoms. The van der Waals surface area contributed by atoms with Gasteiger partial charge in [0, 0.05) is 18.8 Å². The van der Waals surface area contributed by atoms with Gasteiger partial charge in [-0.25, -0.2) is 4.79 Å². The third-order valence-electron chi connectivity index (χ3n) is 3.67. The molecule has 2 aromatic rings. The van der Waals surface area contributed by atoms with E-state index < -0.39 is 12.0 Å². The zero-order valence-corrected chi connectivity index (χ0v) is 13.7. The third kappa shape index (κ3) is 4.89. The summed E-state index contributed by atoms with van der Waals surface area (Å²) < 4.78 is 0. The molecule has 6 nitrogen and oxygen atoms in total. The summed E-state index contributed by atoms with van der Waals surface area (Å²) in [6.07, 6.45) is 1.46. The molecule has 1 aromatic carbocycles. The van der Waals surface area contributed by atoms with Crippen molar-refractivity contribution in [3.63, 3.8) is 0 Å². The number of amides is 1. The number of nitrogens with zero attached hydrogens (tertiary/aromatic N) is 1. The first-order valence-corrected chi connectivity index (χ1v) is 7.74. The SMILES string of the molecule is CC(N[C@@H](C)C(=O)NCc1ccccc1)c1cc(C(=O)O)ccn1. The van der Waals surface area contributed by atoms with Gasteiger partial charge >= 0.3 is 5.97 Å². The third-order valence-corrected chi connectivity index (χ3v) is 3.67. The summed E-state index contributed by atoms with van der Waals surface area (Å²) in [7, 11) is 0. The summed E-state index contributed by atoms with van der Waals surface area (Å²) in [4.78, 5) is 27.4. The van der Waals surface area contributed by atoms with Crippen LogP contribution in [0.4, 0.5) is 0 Å². The van der Waals surface area contributed by atoms with Crippen molar-refractivity contribution in [2.45, 2.75) is 32.5 Å². The van der Waals surface area contributed by atoms with Crippen LogP contribution >= 0.6 is 0 Å². The summed E-state index contributed by atoms with van der Waals surface area (Å²) >= 11 is 0. The van der Waals surface area contributed by atoms with Gasteiger partial charge in [-0.2, -0.15) is 0 Å². The Balaban J connectivity index is 1.90. The summed E-state index contributed by atoms with van der Waals surface area (Å²) in [6.45, 7) is 4.07. The van der Waals surface area contributed by atoms with Gasteiger partial charge in [-0.15, -0.1) is 0 Å². The fraction of sp³-hybridized carbons (Fsp3) is 0.278. The lowest BCUT2D eigenvalue weighted by Gasteiger charge is -2.19. The van der Waals surface area contributed by atoms with Crippen LogP contribution in [0.5, 0.6) is 0 Å². The Morgan fingerprint density at radius 1 is 1.17 bits per heavy atom. The number of rotatable bonds is 7. The normalized spacial score (nSPS) is 13.1. The molecule has 0 aliphatic heterocycles.